The minimum absolute atomic E-state index is 0.0989. The van der Waals surface area contributed by atoms with Crippen LogP contribution in [0.3, 0.4) is 0 Å². The molecule has 1 aliphatic rings. The smallest absolute Gasteiger partial charge is 0.222 e. The van der Waals surface area contributed by atoms with Gasteiger partial charge in [-0.25, -0.2) is 0 Å². The van der Waals surface area contributed by atoms with E-state index in [2.05, 4.69) is 15.5 Å². The summed E-state index contributed by atoms with van der Waals surface area (Å²) in [6.45, 7) is 8.88. The van der Waals surface area contributed by atoms with E-state index in [1.54, 1.807) is 0 Å². The fourth-order valence-electron chi connectivity index (χ4n) is 4.17. The molecule has 196 valence electrons. The molecule has 0 spiro atoms. The topological polar surface area (TPSA) is 99.9 Å². The summed E-state index contributed by atoms with van der Waals surface area (Å²) < 4.78 is 18.8. The molecule has 0 aliphatic carbocycles. The molecule has 9 nitrogen and oxygen atoms in total. The van der Waals surface area contributed by atoms with Gasteiger partial charge < -0.3 is 19.5 Å². The van der Waals surface area contributed by atoms with Crippen LogP contribution >= 0.6 is 11.6 Å². The Bertz CT molecular complexity index is 1240. The molecule has 1 N–H and O–H groups in total. The van der Waals surface area contributed by atoms with Crippen molar-refractivity contribution >= 4 is 23.2 Å². The second-order valence-corrected chi connectivity index (χ2v) is 8.87. The largest absolute Gasteiger partial charge is 0.491 e. The zero-order chi connectivity index (χ0) is 26.2. The number of hydrogen-bond donors (Lipinski definition) is 1. The monoisotopic (exact) mass is 525 g/mol. The lowest BCUT2D eigenvalue weighted by Gasteiger charge is -2.15. The number of carbonyl (C=O) groups is 1. The van der Waals surface area contributed by atoms with Crippen molar-refractivity contribution in [3.05, 3.63) is 70.3 Å². The van der Waals surface area contributed by atoms with Crippen LogP contribution in [-0.2, 0) is 14.3 Å². The first kappa shape index (κ1) is 26.8. The number of carbonyl (C=O) groups excluding carboxylic acids is 1. The lowest BCUT2D eigenvalue weighted by molar-refractivity contribution is -0.121. The Morgan fingerprint density at radius 2 is 1.78 bits per heavy atom. The van der Waals surface area contributed by atoms with Gasteiger partial charge in [0.15, 0.2) is 5.82 Å². The van der Waals surface area contributed by atoms with Crippen molar-refractivity contribution in [1.29, 1.82) is 0 Å². The van der Waals surface area contributed by atoms with Gasteiger partial charge in [0, 0.05) is 29.3 Å². The number of aryl methyl sites for hydroxylation is 1. The quantitative estimate of drug-likeness (QED) is 0.358. The summed E-state index contributed by atoms with van der Waals surface area (Å²) in [5, 5.41) is 12.2. The first-order valence-corrected chi connectivity index (χ1v) is 12.8. The van der Waals surface area contributed by atoms with Gasteiger partial charge in [-0.1, -0.05) is 23.7 Å². The molecule has 1 aromatic heterocycles. The number of halogens is 1. The van der Waals surface area contributed by atoms with Gasteiger partial charge >= 0.3 is 0 Å². The molecule has 2 aromatic carbocycles. The minimum Gasteiger partial charge on any atom is -0.491 e. The zero-order valence-corrected chi connectivity index (χ0v) is 22.1. The average Bonchev–Trinajstić information content (AvgIpc) is 3.21. The van der Waals surface area contributed by atoms with Crippen LogP contribution in [0.5, 0.6) is 5.75 Å². The summed E-state index contributed by atoms with van der Waals surface area (Å²) in [5.74, 6) is 1.91. The highest BCUT2D eigenvalue weighted by Crippen LogP contribution is 2.34. The first-order valence-electron chi connectivity index (χ1n) is 12.5. The summed E-state index contributed by atoms with van der Waals surface area (Å²) in [5.41, 5.74) is 3.31. The first-order chi connectivity index (χ1) is 18.0. The van der Waals surface area contributed by atoms with Gasteiger partial charge in [0.05, 0.1) is 37.6 Å². The second kappa shape index (κ2) is 12.8. The van der Waals surface area contributed by atoms with E-state index in [1.165, 1.54) is 0 Å². The van der Waals surface area contributed by atoms with E-state index >= 15 is 0 Å². The Morgan fingerprint density at radius 3 is 2.54 bits per heavy atom. The molecule has 2 heterocycles. The third-order valence-corrected chi connectivity index (χ3v) is 6.09. The predicted octanol–water partition coefficient (Wildman–Crippen LogP) is 4.08. The van der Waals surface area contributed by atoms with Crippen molar-refractivity contribution in [3.63, 3.8) is 0 Å². The number of benzene rings is 2. The van der Waals surface area contributed by atoms with E-state index in [9.17, 15) is 4.79 Å². The van der Waals surface area contributed by atoms with Crippen LogP contribution in [0.25, 0.3) is 5.69 Å². The van der Waals surface area contributed by atoms with Crippen LogP contribution in [0.15, 0.2) is 47.5 Å². The highest BCUT2D eigenvalue weighted by atomic mass is 35.5. The molecule has 0 fully saturated rings. The molecule has 0 saturated heterocycles. The average molecular weight is 526 g/mol. The second-order valence-electron chi connectivity index (χ2n) is 8.44. The van der Waals surface area contributed by atoms with Crippen molar-refractivity contribution < 1.29 is 19.0 Å². The fraction of sp³-hybridized carbons (Fsp3) is 0.407. The van der Waals surface area contributed by atoms with Gasteiger partial charge in [-0.3, -0.25) is 14.4 Å². The number of rotatable bonds is 12. The molecule has 1 aliphatic heterocycles. The third-order valence-electron chi connectivity index (χ3n) is 5.84. The Labute approximate surface area is 221 Å². The van der Waals surface area contributed by atoms with Crippen LogP contribution in [0, 0.1) is 6.92 Å². The Morgan fingerprint density at radius 1 is 1.03 bits per heavy atom. The SMILES string of the molecule is CCNC(=O)C[C@@H]1N=C(c2ccc(Cl)cc2)c2cc(OCCOCCOCC)ccc2-n2c(C)nnc21. The van der Waals surface area contributed by atoms with Gasteiger partial charge in [-0.05, 0) is 51.1 Å². The molecule has 0 radical (unpaired) electrons. The number of aliphatic imine (C=N–C) groups is 1. The molecule has 3 aromatic rings. The van der Waals surface area contributed by atoms with Gasteiger partial charge in [-0.15, -0.1) is 10.2 Å². The summed E-state index contributed by atoms with van der Waals surface area (Å²) >= 11 is 6.17. The Kier molecular flexibility index (Phi) is 9.27. The Balaban J connectivity index is 1.70. The molecule has 10 heteroatoms. The number of amides is 1. The van der Waals surface area contributed by atoms with E-state index < -0.39 is 6.04 Å². The molecule has 4 rings (SSSR count). The molecule has 37 heavy (non-hydrogen) atoms. The van der Waals surface area contributed by atoms with E-state index in [4.69, 9.17) is 30.8 Å². The molecule has 1 atom stereocenters. The minimum atomic E-state index is -0.520. The van der Waals surface area contributed by atoms with Crippen LogP contribution < -0.4 is 10.1 Å². The number of ether oxygens (including phenoxy) is 3. The number of nitrogens with one attached hydrogen (secondary N) is 1. The van der Waals surface area contributed by atoms with Crippen molar-refractivity contribution in [2.75, 3.05) is 39.6 Å². The van der Waals surface area contributed by atoms with Gasteiger partial charge in [0.2, 0.25) is 5.91 Å². The lowest BCUT2D eigenvalue weighted by Crippen LogP contribution is -2.25. The fourth-order valence-corrected chi connectivity index (χ4v) is 4.29. The maximum atomic E-state index is 12.6. The zero-order valence-electron chi connectivity index (χ0n) is 21.4. The van der Waals surface area contributed by atoms with Crippen LogP contribution in [0.4, 0.5) is 0 Å². The normalized spacial score (nSPS) is 14.4. The highest BCUT2D eigenvalue weighted by Gasteiger charge is 2.30. The standard InChI is InChI=1S/C27H32ClN5O4/c1-4-29-25(34)17-23-27-32-31-18(3)33(27)24-11-10-21(37-15-14-36-13-12-35-5-2)16-22(24)26(30-23)19-6-8-20(28)9-7-19/h6-11,16,23H,4-5,12-15,17H2,1-3H3,(H,29,34)/t23-/m0/s1. The molecule has 0 unspecified atom stereocenters. The van der Waals surface area contributed by atoms with Crippen molar-refractivity contribution in [2.45, 2.75) is 33.2 Å². The van der Waals surface area contributed by atoms with Crippen molar-refractivity contribution in [3.8, 4) is 11.4 Å². The van der Waals surface area contributed by atoms with Crippen LogP contribution in [0.2, 0.25) is 5.02 Å². The van der Waals surface area contributed by atoms with Crippen LogP contribution in [0.1, 0.15) is 49.1 Å². The maximum absolute atomic E-state index is 12.6. The van der Waals surface area contributed by atoms with E-state index in [0.29, 0.717) is 62.0 Å². The third kappa shape index (κ3) is 6.54. The van der Waals surface area contributed by atoms with Crippen LogP contribution in [-0.4, -0.2) is 66.0 Å². The van der Waals surface area contributed by atoms with E-state index in [0.717, 1.165) is 22.5 Å². The summed E-state index contributed by atoms with van der Waals surface area (Å²) in [7, 11) is 0. The Hall–Kier alpha value is -3.27. The van der Waals surface area contributed by atoms with Gasteiger partial charge in [0.1, 0.15) is 24.2 Å². The molecule has 1 amide bonds. The van der Waals surface area contributed by atoms with E-state index in [1.807, 2.05) is 67.8 Å². The number of fused-ring (bicyclic) bond motifs is 3. The highest BCUT2D eigenvalue weighted by molar-refractivity contribution is 6.30. The lowest BCUT2D eigenvalue weighted by atomic mass is 10.00. The van der Waals surface area contributed by atoms with Crippen molar-refractivity contribution in [2.24, 2.45) is 4.99 Å². The summed E-state index contributed by atoms with van der Waals surface area (Å²) in [6, 6.07) is 12.8. The van der Waals surface area contributed by atoms with Crippen molar-refractivity contribution in [1.82, 2.24) is 20.1 Å². The van der Waals surface area contributed by atoms with Gasteiger partial charge in [-0.2, -0.15) is 0 Å². The number of hydrogen-bond acceptors (Lipinski definition) is 7. The van der Waals surface area contributed by atoms with Gasteiger partial charge in [0.25, 0.3) is 0 Å². The summed E-state index contributed by atoms with van der Waals surface area (Å²) in [4.78, 5) is 17.7. The molecule has 0 saturated carbocycles. The van der Waals surface area contributed by atoms with E-state index in [-0.39, 0.29) is 12.3 Å². The summed E-state index contributed by atoms with van der Waals surface area (Å²) in [6.07, 6.45) is 0.152. The molecular formula is C27H32ClN5O4. The number of nitrogens with zero attached hydrogens (tertiary/aromatic N) is 4. The predicted molar refractivity (Wildman–Crippen MR) is 142 cm³/mol. The number of aromatic nitrogens is 3. The molecular weight excluding hydrogens is 494 g/mol. The molecule has 0 bridgehead atoms. The maximum Gasteiger partial charge on any atom is 0.222 e.